The standard InChI is InChI=1S/C11H17N3/c1-2-8(1)3-4-9-11-10(5-6-12-9)13-7-14-11/h7-9,12H,1-6H2,(H,13,14). The molecule has 14 heavy (non-hydrogen) atoms. The van der Waals surface area contributed by atoms with Gasteiger partial charge in [-0.2, -0.15) is 0 Å². The molecular weight excluding hydrogens is 174 g/mol. The lowest BCUT2D eigenvalue weighted by Gasteiger charge is -2.22. The molecule has 1 saturated carbocycles. The maximum atomic E-state index is 4.42. The van der Waals surface area contributed by atoms with E-state index in [-0.39, 0.29) is 0 Å². The Morgan fingerprint density at radius 2 is 2.29 bits per heavy atom. The number of nitrogens with zero attached hydrogens (tertiary/aromatic N) is 1. The molecule has 0 bridgehead atoms. The molecule has 1 atom stereocenters. The molecule has 0 amide bonds. The maximum absolute atomic E-state index is 4.42. The number of hydrogen-bond acceptors (Lipinski definition) is 2. The summed E-state index contributed by atoms with van der Waals surface area (Å²) in [7, 11) is 0. The van der Waals surface area contributed by atoms with Gasteiger partial charge in [0.25, 0.3) is 0 Å². The van der Waals surface area contributed by atoms with E-state index in [1.165, 1.54) is 37.1 Å². The second-order valence-corrected chi connectivity index (χ2v) is 4.54. The van der Waals surface area contributed by atoms with Crippen LogP contribution < -0.4 is 5.32 Å². The van der Waals surface area contributed by atoms with Crippen molar-refractivity contribution in [3.8, 4) is 0 Å². The fourth-order valence-electron chi connectivity index (χ4n) is 2.35. The highest BCUT2D eigenvalue weighted by Gasteiger charge is 2.26. The smallest absolute Gasteiger partial charge is 0.0925 e. The average molecular weight is 191 g/mol. The summed E-state index contributed by atoms with van der Waals surface area (Å²) in [6, 6.07) is 0.519. The molecule has 1 aliphatic heterocycles. The molecule has 76 valence electrons. The Kier molecular flexibility index (Phi) is 2.05. The zero-order valence-corrected chi connectivity index (χ0v) is 8.42. The molecule has 1 unspecified atom stereocenters. The number of H-pyrrole nitrogens is 1. The van der Waals surface area contributed by atoms with Crippen molar-refractivity contribution in [3.05, 3.63) is 17.7 Å². The molecule has 2 N–H and O–H groups in total. The second kappa shape index (κ2) is 3.39. The summed E-state index contributed by atoms with van der Waals surface area (Å²) in [6.45, 7) is 1.10. The van der Waals surface area contributed by atoms with Crippen LogP contribution in [0.15, 0.2) is 6.33 Å². The van der Waals surface area contributed by atoms with Crippen LogP contribution in [-0.4, -0.2) is 16.5 Å². The first-order valence-electron chi connectivity index (χ1n) is 5.69. The average Bonchev–Trinajstić information content (AvgIpc) is 2.91. The third-order valence-corrected chi connectivity index (χ3v) is 3.41. The summed E-state index contributed by atoms with van der Waals surface area (Å²) in [5, 5.41) is 3.56. The van der Waals surface area contributed by atoms with E-state index in [4.69, 9.17) is 0 Å². The Labute approximate surface area is 84.3 Å². The third-order valence-electron chi connectivity index (χ3n) is 3.41. The fourth-order valence-corrected chi connectivity index (χ4v) is 2.35. The van der Waals surface area contributed by atoms with Crippen LogP contribution in [0.5, 0.6) is 0 Å². The van der Waals surface area contributed by atoms with E-state index >= 15 is 0 Å². The molecule has 0 radical (unpaired) electrons. The Balaban J connectivity index is 1.68. The molecule has 3 nitrogen and oxygen atoms in total. The summed E-state index contributed by atoms with van der Waals surface area (Å²) in [5.74, 6) is 1.03. The molecule has 3 heteroatoms. The summed E-state index contributed by atoms with van der Waals surface area (Å²) in [4.78, 5) is 7.66. The number of aromatic nitrogens is 2. The quantitative estimate of drug-likeness (QED) is 0.764. The zero-order valence-electron chi connectivity index (χ0n) is 8.42. The molecule has 2 aliphatic rings. The number of nitrogens with one attached hydrogen (secondary N) is 2. The SMILES string of the molecule is c1nc2c([nH]1)CCNC2CCC1CC1. The molecule has 3 rings (SSSR count). The van der Waals surface area contributed by atoms with E-state index in [2.05, 4.69) is 15.3 Å². The Morgan fingerprint density at radius 1 is 1.36 bits per heavy atom. The minimum atomic E-state index is 0.519. The van der Waals surface area contributed by atoms with Crippen molar-refractivity contribution in [2.75, 3.05) is 6.54 Å². The Hall–Kier alpha value is -0.830. The normalized spacial score (nSPS) is 26.1. The van der Waals surface area contributed by atoms with Crippen LogP contribution in [-0.2, 0) is 6.42 Å². The van der Waals surface area contributed by atoms with Gasteiger partial charge in [0.15, 0.2) is 0 Å². The van der Waals surface area contributed by atoms with Gasteiger partial charge in [0, 0.05) is 18.7 Å². The molecule has 0 spiro atoms. The summed E-state index contributed by atoms with van der Waals surface area (Å²) >= 11 is 0. The molecule has 1 aliphatic carbocycles. The lowest BCUT2D eigenvalue weighted by molar-refractivity contribution is 0.441. The zero-order chi connectivity index (χ0) is 9.38. The third kappa shape index (κ3) is 1.57. The van der Waals surface area contributed by atoms with Crippen LogP contribution >= 0.6 is 0 Å². The van der Waals surface area contributed by atoms with Crippen LogP contribution in [0.4, 0.5) is 0 Å². The van der Waals surface area contributed by atoms with Gasteiger partial charge in [-0.1, -0.05) is 12.8 Å². The van der Waals surface area contributed by atoms with E-state index < -0.39 is 0 Å². The van der Waals surface area contributed by atoms with Gasteiger partial charge < -0.3 is 10.3 Å². The van der Waals surface area contributed by atoms with Crippen LogP contribution in [0.25, 0.3) is 0 Å². The second-order valence-electron chi connectivity index (χ2n) is 4.54. The monoisotopic (exact) mass is 191 g/mol. The Morgan fingerprint density at radius 3 is 3.14 bits per heavy atom. The highest BCUT2D eigenvalue weighted by molar-refractivity contribution is 5.19. The van der Waals surface area contributed by atoms with Crippen molar-refractivity contribution < 1.29 is 0 Å². The molecule has 1 aromatic heterocycles. The first-order chi connectivity index (χ1) is 6.93. The topological polar surface area (TPSA) is 40.7 Å². The predicted molar refractivity (Wildman–Crippen MR) is 55.0 cm³/mol. The molecule has 2 heterocycles. The number of aromatic amines is 1. The maximum Gasteiger partial charge on any atom is 0.0925 e. The fraction of sp³-hybridized carbons (Fsp3) is 0.727. The number of hydrogen-bond donors (Lipinski definition) is 2. The van der Waals surface area contributed by atoms with Crippen molar-refractivity contribution in [3.63, 3.8) is 0 Å². The number of imidazole rings is 1. The summed E-state index contributed by atoms with van der Waals surface area (Å²) < 4.78 is 0. The molecule has 0 saturated heterocycles. The lowest BCUT2D eigenvalue weighted by Crippen LogP contribution is -2.30. The van der Waals surface area contributed by atoms with E-state index in [1.807, 2.05) is 6.33 Å². The van der Waals surface area contributed by atoms with Gasteiger partial charge in [-0.3, -0.25) is 0 Å². The molecule has 0 aromatic carbocycles. The van der Waals surface area contributed by atoms with E-state index in [9.17, 15) is 0 Å². The van der Waals surface area contributed by atoms with Gasteiger partial charge in [0.2, 0.25) is 0 Å². The van der Waals surface area contributed by atoms with Gasteiger partial charge in [0.1, 0.15) is 0 Å². The van der Waals surface area contributed by atoms with Crippen molar-refractivity contribution >= 4 is 0 Å². The van der Waals surface area contributed by atoms with Crippen LogP contribution in [0.1, 0.15) is 43.1 Å². The number of rotatable bonds is 3. The highest BCUT2D eigenvalue weighted by atomic mass is 15.0. The first kappa shape index (κ1) is 8.48. The van der Waals surface area contributed by atoms with Gasteiger partial charge in [-0.05, 0) is 18.8 Å². The van der Waals surface area contributed by atoms with Gasteiger partial charge in [-0.25, -0.2) is 4.98 Å². The predicted octanol–water partition coefficient (Wildman–Crippen LogP) is 1.79. The summed E-state index contributed by atoms with van der Waals surface area (Å²) in [6.07, 6.45) is 8.50. The molecular formula is C11H17N3. The minimum absolute atomic E-state index is 0.519. The van der Waals surface area contributed by atoms with Crippen LogP contribution in [0, 0.1) is 5.92 Å². The van der Waals surface area contributed by atoms with Crippen molar-refractivity contribution in [1.29, 1.82) is 0 Å². The van der Waals surface area contributed by atoms with E-state index in [0.29, 0.717) is 6.04 Å². The van der Waals surface area contributed by atoms with E-state index in [1.54, 1.807) is 0 Å². The Bertz CT molecular complexity index is 314. The minimum Gasteiger partial charge on any atom is -0.348 e. The van der Waals surface area contributed by atoms with Gasteiger partial charge in [0.05, 0.1) is 18.1 Å². The highest BCUT2D eigenvalue weighted by Crippen LogP contribution is 2.36. The van der Waals surface area contributed by atoms with Gasteiger partial charge in [-0.15, -0.1) is 0 Å². The van der Waals surface area contributed by atoms with Crippen molar-refractivity contribution in [2.45, 2.75) is 38.1 Å². The lowest BCUT2D eigenvalue weighted by atomic mass is 10.00. The number of fused-ring (bicyclic) bond motifs is 1. The van der Waals surface area contributed by atoms with Crippen LogP contribution in [0.2, 0.25) is 0 Å². The van der Waals surface area contributed by atoms with Crippen LogP contribution in [0.3, 0.4) is 0 Å². The van der Waals surface area contributed by atoms with E-state index in [0.717, 1.165) is 18.9 Å². The van der Waals surface area contributed by atoms with Crippen molar-refractivity contribution in [1.82, 2.24) is 15.3 Å². The first-order valence-corrected chi connectivity index (χ1v) is 5.69. The molecule has 1 fully saturated rings. The largest absolute Gasteiger partial charge is 0.348 e. The summed E-state index contributed by atoms with van der Waals surface area (Å²) in [5.41, 5.74) is 2.63. The molecule has 1 aromatic rings. The van der Waals surface area contributed by atoms with Crippen molar-refractivity contribution in [2.24, 2.45) is 5.92 Å². The van der Waals surface area contributed by atoms with Gasteiger partial charge >= 0.3 is 0 Å².